The molecule has 3 rings (SSSR count). The summed E-state index contributed by atoms with van der Waals surface area (Å²) in [6.45, 7) is 1.02. The lowest BCUT2D eigenvalue weighted by atomic mass is 9.98. The lowest BCUT2D eigenvalue weighted by Gasteiger charge is -2.29. The van der Waals surface area contributed by atoms with Crippen molar-refractivity contribution >= 4 is 16.9 Å². The molecule has 2 aromatic heterocycles. The van der Waals surface area contributed by atoms with Crippen molar-refractivity contribution in [3.05, 3.63) is 54.4 Å². The molecule has 6 nitrogen and oxygen atoms in total. The first-order valence-corrected chi connectivity index (χ1v) is 8.32. The molecule has 0 radical (unpaired) electrons. The lowest BCUT2D eigenvalue weighted by Crippen LogP contribution is -2.51. The molecule has 9 heteroatoms. The van der Waals surface area contributed by atoms with Crippen LogP contribution in [0.15, 0.2) is 48.7 Å². The molecule has 1 aromatic carbocycles. The number of carbonyl (C=O) groups is 1. The maximum absolute atomic E-state index is 14.0. The molecule has 148 valence electrons. The number of methoxy groups -OCH3 is 1. The zero-order chi connectivity index (χ0) is 20.5. The summed E-state index contributed by atoms with van der Waals surface area (Å²) in [4.78, 5) is 16.3. The van der Waals surface area contributed by atoms with E-state index in [1.165, 1.54) is 32.4 Å². The normalized spacial score (nSPS) is 13.9. The number of ether oxygens (including phenoxy) is 2. The van der Waals surface area contributed by atoms with Crippen molar-refractivity contribution in [2.45, 2.75) is 18.7 Å². The van der Waals surface area contributed by atoms with Gasteiger partial charge in [-0.3, -0.25) is 4.57 Å². The quantitative estimate of drug-likeness (QED) is 0.672. The van der Waals surface area contributed by atoms with Crippen LogP contribution >= 0.6 is 0 Å². The summed E-state index contributed by atoms with van der Waals surface area (Å²) in [6.07, 6.45) is -3.95. The first-order valence-electron chi connectivity index (χ1n) is 8.32. The van der Waals surface area contributed by atoms with Crippen LogP contribution in [0.25, 0.3) is 16.7 Å². The van der Waals surface area contributed by atoms with Crippen LogP contribution in [0.1, 0.15) is 12.6 Å². The number of pyridine rings is 1. The van der Waals surface area contributed by atoms with Crippen molar-refractivity contribution < 1.29 is 32.5 Å². The van der Waals surface area contributed by atoms with E-state index in [0.717, 1.165) is 10.6 Å². The summed E-state index contributed by atoms with van der Waals surface area (Å²) < 4.78 is 52.7. The SMILES string of the molecule is CCOC(=O)C(O)(c1cc2c(OC)cccc2n1-c1ccccn1)C(F)(F)F. The summed E-state index contributed by atoms with van der Waals surface area (Å²) in [7, 11) is 1.37. The Hall–Kier alpha value is -3.07. The molecule has 0 saturated carbocycles. The van der Waals surface area contributed by atoms with Gasteiger partial charge in [0.05, 0.1) is 24.9 Å². The second-order valence-electron chi connectivity index (χ2n) is 5.87. The van der Waals surface area contributed by atoms with Gasteiger partial charge in [0.25, 0.3) is 5.60 Å². The number of benzene rings is 1. The highest BCUT2D eigenvalue weighted by Crippen LogP contribution is 2.44. The van der Waals surface area contributed by atoms with E-state index in [-0.39, 0.29) is 29.1 Å². The zero-order valence-corrected chi connectivity index (χ0v) is 15.0. The molecule has 0 bridgehead atoms. The Morgan fingerprint density at radius 3 is 2.54 bits per heavy atom. The van der Waals surface area contributed by atoms with E-state index in [9.17, 15) is 23.1 Å². The Bertz CT molecular complexity index is 1000. The monoisotopic (exact) mass is 394 g/mol. The van der Waals surface area contributed by atoms with Gasteiger partial charge >= 0.3 is 12.1 Å². The number of rotatable bonds is 5. The minimum atomic E-state index is -5.34. The molecule has 1 atom stereocenters. The lowest BCUT2D eigenvalue weighted by molar-refractivity contribution is -0.269. The predicted molar refractivity (Wildman–Crippen MR) is 94.2 cm³/mol. The first kappa shape index (κ1) is 19.7. The maximum atomic E-state index is 14.0. The summed E-state index contributed by atoms with van der Waals surface area (Å²) >= 11 is 0. The van der Waals surface area contributed by atoms with Gasteiger partial charge in [-0.1, -0.05) is 12.1 Å². The first-order chi connectivity index (χ1) is 13.3. The van der Waals surface area contributed by atoms with Crippen molar-refractivity contribution in [2.75, 3.05) is 13.7 Å². The molecule has 0 aliphatic rings. The van der Waals surface area contributed by atoms with Crippen LogP contribution in [0.3, 0.4) is 0 Å². The van der Waals surface area contributed by atoms with Gasteiger partial charge in [0, 0.05) is 11.6 Å². The number of halogens is 3. The van der Waals surface area contributed by atoms with E-state index in [1.807, 2.05) is 0 Å². The van der Waals surface area contributed by atoms with Gasteiger partial charge in [-0.05, 0) is 37.3 Å². The van der Waals surface area contributed by atoms with Gasteiger partial charge in [0.15, 0.2) is 0 Å². The van der Waals surface area contributed by atoms with Crippen LogP contribution < -0.4 is 4.74 Å². The average molecular weight is 394 g/mol. The van der Waals surface area contributed by atoms with Gasteiger partial charge in [0.1, 0.15) is 11.6 Å². The molecule has 1 unspecified atom stereocenters. The summed E-state index contributed by atoms with van der Waals surface area (Å²) in [5, 5.41) is 10.9. The number of hydrogen-bond donors (Lipinski definition) is 1. The molecule has 0 saturated heterocycles. The number of aromatic nitrogens is 2. The Kier molecular flexibility index (Phi) is 5.03. The molecule has 0 amide bonds. The van der Waals surface area contributed by atoms with Crippen LogP contribution in [0.5, 0.6) is 5.75 Å². The summed E-state index contributed by atoms with van der Waals surface area (Å²) in [5.41, 5.74) is -4.36. The molecule has 1 N–H and O–H groups in total. The molecular weight excluding hydrogens is 377 g/mol. The van der Waals surface area contributed by atoms with E-state index in [2.05, 4.69) is 9.72 Å². The van der Waals surface area contributed by atoms with Crippen molar-refractivity contribution in [1.82, 2.24) is 9.55 Å². The van der Waals surface area contributed by atoms with E-state index < -0.39 is 23.4 Å². The summed E-state index contributed by atoms with van der Waals surface area (Å²) in [5.74, 6) is -1.45. The van der Waals surface area contributed by atoms with E-state index in [0.29, 0.717) is 0 Å². The number of hydrogen-bond acceptors (Lipinski definition) is 5. The Morgan fingerprint density at radius 2 is 1.96 bits per heavy atom. The average Bonchev–Trinajstić information content (AvgIpc) is 3.07. The highest BCUT2D eigenvalue weighted by molar-refractivity contribution is 5.92. The van der Waals surface area contributed by atoms with Crippen molar-refractivity contribution in [3.63, 3.8) is 0 Å². The molecule has 28 heavy (non-hydrogen) atoms. The molecule has 2 heterocycles. The zero-order valence-electron chi connectivity index (χ0n) is 15.0. The highest BCUT2D eigenvalue weighted by atomic mass is 19.4. The number of fused-ring (bicyclic) bond motifs is 1. The van der Waals surface area contributed by atoms with E-state index >= 15 is 0 Å². The second kappa shape index (κ2) is 7.16. The number of alkyl halides is 3. The third-order valence-electron chi connectivity index (χ3n) is 4.26. The number of aliphatic hydroxyl groups is 1. The topological polar surface area (TPSA) is 73.6 Å². The molecule has 0 fully saturated rings. The van der Waals surface area contributed by atoms with Gasteiger partial charge in [-0.2, -0.15) is 13.2 Å². The molecule has 0 spiro atoms. The van der Waals surface area contributed by atoms with Crippen LogP contribution in [-0.2, 0) is 15.1 Å². The number of nitrogens with zero attached hydrogens (tertiary/aromatic N) is 2. The maximum Gasteiger partial charge on any atom is 0.434 e. The van der Waals surface area contributed by atoms with Crippen molar-refractivity contribution in [2.24, 2.45) is 0 Å². The van der Waals surface area contributed by atoms with Crippen LogP contribution in [0.4, 0.5) is 13.2 Å². The Labute approximate surface area is 158 Å². The fraction of sp³-hybridized carbons (Fsp3) is 0.263. The largest absolute Gasteiger partial charge is 0.496 e. The van der Waals surface area contributed by atoms with Crippen molar-refractivity contribution in [3.8, 4) is 11.6 Å². The van der Waals surface area contributed by atoms with Crippen LogP contribution in [0.2, 0.25) is 0 Å². The molecule has 3 aromatic rings. The van der Waals surface area contributed by atoms with E-state index in [4.69, 9.17) is 4.74 Å². The second-order valence-corrected chi connectivity index (χ2v) is 5.87. The van der Waals surface area contributed by atoms with Gasteiger partial charge in [0.2, 0.25) is 0 Å². The Morgan fingerprint density at radius 1 is 1.21 bits per heavy atom. The van der Waals surface area contributed by atoms with Gasteiger partial charge < -0.3 is 14.6 Å². The molecule has 0 aliphatic carbocycles. The van der Waals surface area contributed by atoms with Gasteiger partial charge in [-0.25, -0.2) is 9.78 Å². The molecule has 0 aliphatic heterocycles. The smallest absolute Gasteiger partial charge is 0.434 e. The van der Waals surface area contributed by atoms with Crippen LogP contribution in [0, 0.1) is 0 Å². The van der Waals surface area contributed by atoms with Crippen LogP contribution in [-0.4, -0.2) is 40.5 Å². The summed E-state index contributed by atoms with van der Waals surface area (Å²) in [6, 6.07) is 10.4. The highest BCUT2D eigenvalue weighted by Gasteiger charge is 2.64. The minimum Gasteiger partial charge on any atom is -0.496 e. The predicted octanol–water partition coefficient (Wildman–Crippen LogP) is 3.35. The number of esters is 1. The minimum absolute atomic E-state index is 0.0905. The number of carbonyl (C=O) groups excluding carboxylic acids is 1. The standard InChI is InChI=1S/C19H17F3N2O4/c1-3-28-17(25)18(26,19(20,21)22)15-11-12-13(7-6-8-14(12)27-2)24(15)16-9-4-5-10-23-16/h4-11,26H,3H2,1-2H3. The fourth-order valence-electron chi connectivity index (χ4n) is 2.98. The van der Waals surface area contributed by atoms with Gasteiger partial charge in [-0.15, -0.1) is 0 Å². The molecular formula is C19H17F3N2O4. The fourth-order valence-corrected chi connectivity index (χ4v) is 2.98. The van der Waals surface area contributed by atoms with Crippen molar-refractivity contribution in [1.29, 1.82) is 0 Å². The Balaban J connectivity index is 2.43. The third-order valence-corrected chi connectivity index (χ3v) is 4.26. The van der Waals surface area contributed by atoms with E-state index in [1.54, 1.807) is 24.3 Å². The third kappa shape index (κ3) is 2.97.